The summed E-state index contributed by atoms with van der Waals surface area (Å²) in [6, 6.07) is 4.57. The summed E-state index contributed by atoms with van der Waals surface area (Å²) in [7, 11) is 1.53. The number of ether oxygens (including phenoxy) is 3. The van der Waals surface area contributed by atoms with Crippen molar-refractivity contribution in [3.05, 3.63) is 40.6 Å². The number of methoxy groups -OCH3 is 1. The van der Waals surface area contributed by atoms with E-state index in [-0.39, 0.29) is 30.9 Å². The second-order valence-electron chi connectivity index (χ2n) is 6.32. The van der Waals surface area contributed by atoms with E-state index in [4.69, 9.17) is 14.2 Å². The lowest BCUT2D eigenvalue weighted by Gasteiger charge is -2.28. The van der Waals surface area contributed by atoms with Gasteiger partial charge in [-0.05, 0) is 26.3 Å². The van der Waals surface area contributed by atoms with E-state index in [1.54, 1.807) is 13.0 Å². The molecule has 0 saturated carbocycles. The summed E-state index contributed by atoms with van der Waals surface area (Å²) in [6.45, 7) is 5.42. The molecule has 0 aromatic heterocycles. The molecular weight excluding hydrogens is 364 g/mol. The van der Waals surface area contributed by atoms with Crippen LogP contribution in [-0.2, 0) is 25.5 Å². The summed E-state index contributed by atoms with van der Waals surface area (Å²) in [6.07, 6.45) is 0.510. The zero-order valence-electron chi connectivity index (χ0n) is 16.6. The van der Waals surface area contributed by atoms with Crippen molar-refractivity contribution >= 4 is 18.0 Å². The smallest absolute Gasteiger partial charge is 0.338 e. The van der Waals surface area contributed by atoms with Gasteiger partial charge in [0.1, 0.15) is 12.4 Å². The van der Waals surface area contributed by atoms with Crippen LogP contribution in [0.4, 0.5) is 4.79 Å². The molecule has 28 heavy (non-hydrogen) atoms. The number of rotatable bonds is 8. The molecule has 152 valence electrons. The first kappa shape index (κ1) is 21.3. The summed E-state index contributed by atoms with van der Waals surface area (Å²) in [4.78, 5) is 36.5. The number of hydrogen-bond acceptors (Lipinski definition) is 6. The van der Waals surface area contributed by atoms with Crippen LogP contribution in [0.15, 0.2) is 29.5 Å². The van der Waals surface area contributed by atoms with Gasteiger partial charge in [-0.2, -0.15) is 0 Å². The fourth-order valence-electron chi connectivity index (χ4n) is 2.98. The Kier molecular flexibility index (Phi) is 7.43. The molecule has 2 rings (SSSR count). The zero-order chi connectivity index (χ0) is 20.7. The minimum Gasteiger partial charge on any atom is -0.496 e. The van der Waals surface area contributed by atoms with Crippen LogP contribution in [0.3, 0.4) is 0 Å². The first-order valence-corrected chi connectivity index (χ1v) is 9.16. The number of carbonyl (C=O) groups is 3. The highest BCUT2D eigenvalue weighted by molar-refractivity contribution is 5.94. The van der Waals surface area contributed by atoms with Crippen LogP contribution in [0.25, 0.3) is 0 Å². The van der Waals surface area contributed by atoms with E-state index >= 15 is 0 Å². The monoisotopic (exact) mass is 390 g/mol. The lowest BCUT2D eigenvalue weighted by molar-refractivity contribution is -0.143. The fraction of sp³-hybridized carbons (Fsp3) is 0.450. The summed E-state index contributed by atoms with van der Waals surface area (Å²) < 4.78 is 15.7. The molecule has 1 aromatic carbocycles. The summed E-state index contributed by atoms with van der Waals surface area (Å²) in [5, 5.41) is 5.22. The van der Waals surface area contributed by atoms with Crippen molar-refractivity contribution in [3.8, 4) is 5.75 Å². The molecule has 2 amide bonds. The molecule has 0 saturated heterocycles. The Morgan fingerprint density at radius 2 is 1.93 bits per heavy atom. The number of aryl methyl sites for hydroxylation is 1. The predicted molar refractivity (Wildman–Crippen MR) is 102 cm³/mol. The van der Waals surface area contributed by atoms with Crippen molar-refractivity contribution in [1.82, 2.24) is 10.6 Å². The van der Waals surface area contributed by atoms with Crippen LogP contribution in [0, 0.1) is 6.92 Å². The minimum atomic E-state index is -0.548. The van der Waals surface area contributed by atoms with Gasteiger partial charge < -0.3 is 24.8 Å². The Morgan fingerprint density at radius 3 is 2.57 bits per heavy atom. The van der Waals surface area contributed by atoms with E-state index in [0.29, 0.717) is 17.7 Å². The number of nitrogens with one attached hydrogen (secondary N) is 2. The number of benzene rings is 1. The lowest BCUT2D eigenvalue weighted by Crippen LogP contribution is -2.51. The highest BCUT2D eigenvalue weighted by Gasteiger charge is 2.32. The maximum atomic E-state index is 12.3. The van der Waals surface area contributed by atoms with Gasteiger partial charge >= 0.3 is 18.0 Å². The van der Waals surface area contributed by atoms with Crippen molar-refractivity contribution in [2.45, 2.75) is 39.7 Å². The van der Waals surface area contributed by atoms with Crippen LogP contribution in [0.1, 0.15) is 31.4 Å². The molecule has 1 aliphatic heterocycles. The molecule has 1 atom stereocenters. The van der Waals surface area contributed by atoms with Crippen LogP contribution >= 0.6 is 0 Å². The maximum Gasteiger partial charge on any atom is 0.338 e. The maximum absolute atomic E-state index is 12.3. The largest absolute Gasteiger partial charge is 0.496 e. The quantitative estimate of drug-likeness (QED) is 0.658. The average molecular weight is 390 g/mol. The van der Waals surface area contributed by atoms with E-state index in [1.165, 1.54) is 7.11 Å². The second kappa shape index (κ2) is 9.77. The molecule has 2 N–H and O–H groups in total. The van der Waals surface area contributed by atoms with Gasteiger partial charge in [-0.1, -0.05) is 24.6 Å². The second-order valence-corrected chi connectivity index (χ2v) is 6.32. The molecule has 0 radical (unpaired) electrons. The minimum absolute atomic E-state index is 0.0102. The number of esters is 2. The molecular formula is C20H26N2O6. The Morgan fingerprint density at radius 1 is 1.18 bits per heavy atom. The van der Waals surface area contributed by atoms with Gasteiger partial charge in [0.15, 0.2) is 0 Å². The van der Waals surface area contributed by atoms with Crippen molar-refractivity contribution in [3.63, 3.8) is 0 Å². The van der Waals surface area contributed by atoms with Gasteiger partial charge in [0.2, 0.25) is 0 Å². The molecule has 0 unspecified atom stereocenters. The lowest BCUT2D eigenvalue weighted by atomic mass is 10.0. The van der Waals surface area contributed by atoms with E-state index in [0.717, 1.165) is 5.56 Å². The highest BCUT2D eigenvalue weighted by atomic mass is 16.5. The topological polar surface area (TPSA) is 103 Å². The number of hydrogen-bond donors (Lipinski definition) is 2. The molecule has 8 heteroatoms. The Bertz CT molecular complexity index is 787. The third kappa shape index (κ3) is 5.25. The van der Waals surface area contributed by atoms with Crippen LogP contribution in [0.2, 0.25) is 0 Å². The standard InChI is InChI=1S/C20H26N2O6/c1-5-14-18(19(24)27-6-2)15(22-20(25)21-14)11-28-17(23)10-13-9-12(3)7-8-16(13)26-4/h7-9,14H,5-6,10-11H2,1-4H3,(H2,21,22,25)/t14-/m1/s1. The van der Waals surface area contributed by atoms with E-state index in [2.05, 4.69) is 10.6 Å². The van der Waals surface area contributed by atoms with Gasteiger partial charge in [0.25, 0.3) is 0 Å². The molecule has 0 spiro atoms. The van der Waals surface area contributed by atoms with Crippen molar-refractivity contribution in [2.24, 2.45) is 0 Å². The third-order valence-electron chi connectivity index (χ3n) is 4.30. The first-order chi connectivity index (χ1) is 13.4. The van der Waals surface area contributed by atoms with Crippen molar-refractivity contribution in [1.29, 1.82) is 0 Å². The summed E-state index contributed by atoms with van der Waals surface area (Å²) in [5.41, 5.74) is 2.20. The molecule has 0 fully saturated rings. The van der Waals surface area contributed by atoms with Gasteiger partial charge in [-0.15, -0.1) is 0 Å². The third-order valence-corrected chi connectivity index (χ3v) is 4.30. The van der Waals surface area contributed by atoms with Gasteiger partial charge in [-0.25, -0.2) is 9.59 Å². The van der Waals surface area contributed by atoms with Crippen LogP contribution in [0.5, 0.6) is 5.75 Å². The predicted octanol–water partition coefficient (Wildman–Crippen LogP) is 2.00. The van der Waals surface area contributed by atoms with Crippen LogP contribution in [-0.4, -0.2) is 44.3 Å². The van der Waals surface area contributed by atoms with Gasteiger partial charge in [0.05, 0.1) is 37.4 Å². The van der Waals surface area contributed by atoms with E-state index in [9.17, 15) is 14.4 Å². The SMILES string of the molecule is CCOC(=O)C1=C(COC(=O)Cc2cc(C)ccc2OC)NC(=O)N[C@@H]1CC. The Balaban J connectivity index is 2.15. The number of urea groups is 1. The highest BCUT2D eigenvalue weighted by Crippen LogP contribution is 2.21. The molecule has 8 nitrogen and oxygen atoms in total. The van der Waals surface area contributed by atoms with E-state index in [1.807, 2.05) is 26.0 Å². The Labute approximate surface area is 164 Å². The fourth-order valence-corrected chi connectivity index (χ4v) is 2.98. The van der Waals surface area contributed by atoms with Crippen molar-refractivity contribution < 1.29 is 28.6 Å². The molecule has 0 bridgehead atoms. The van der Waals surface area contributed by atoms with Crippen molar-refractivity contribution in [2.75, 3.05) is 20.3 Å². The zero-order valence-corrected chi connectivity index (χ0v) is 16.6. The molecule has 1 aliphatic rings. The Hall–Kier alpha value is -3.03. The van der Waals surface area contributed by atoms with E-state index < -0.39 is 24.0 Å². The molecule has 0 aliphatic carbocycles. The van der Waals surface area contributed by atoms with Gasteiger partial charge in [-0.3, -0.25) is 4.79 Å². The summed E-state index contributed by atoms with van der Waals surface area (Å²) in [5.74, 6) is -0.455. The van der Waals surface area contributed by atoms with Crippen LogP contribution < -0.4 is 15.4 Å². The molecule has 1 heterocycles. The number of amides is 2. The average Bonchev–Trinajstić information content (AvgIpc) is 2.66. The summed E-state index contributed by atoms with van der Waals surface area (Å²) >= 11 is 0. The number of carbonyl (C=O) groups excluding carboxylic acids is 3. The van der Waals surface area contributed by atoms with Gasteiger partial charge in [0, 0.05) is 5.56 Å². The normalized spacial score (nSPS) is 16.1. The molecule has 1 aromatic rings. The first-order valence-electron chi connectivity index (χ1n) is 9.16.